The summed E-state index contributed by atoms with van der Waals surface area (Å²) in [6.45, 7) is 3.53. The van der Waals surface area contributed by atoms with Gasteiger partial charge in [-0.05, 0) is 37.4 Å². The van der Waals surface area contributed by atoms with Crippen molar-refractivity contribution in [2.75, 3.05) is 40.0 Å². The number of benzene rings is 2. The summed E-state index contributed by atoms with van der Waals surface area (Å²) >= 11 is 0. The van der Waals surface area contributed by atoms with E-state index >= 15 is 0 Å². The lowest BCUT2D eigenvalue weighted by Crippen LogP contribution is -2.47. The van der Waals surface area contributed by atoms with Gasteiger partial charge in [0, 0.05) is 49.1 Å². The third kappa shape index (κ3) is 3.58. The molecule has 166 valence electrons. The number of aromatic nitrogens is 3. The predicted octanol–water partition coefficient (Wildman–Crippen LogP) is 3.18. The van der Waals surface area contributed by atoms with Crippen LogP contribution >= 0.6 is 0 Å². The topological polar surface area (TPSA) is 72.2 Å². The Morgan fingerprint density at radius 1 is 0.909 bits per heavy atom. The third-order valence-electron chi connectivity index (χ3n) is 6.26. The number of hydrogen-bond donors (Lipinski definition) is 0. The number of likely N-dealkylation sites (N-methyl/N-ethyl adjacent to an activating group) is 1. The van der Waals surface area contributed by atoms with Crippen LogP contribution in [0.3, 0.4) is 0 Å². The van der Waals surface area contributed by atoms with Crippen molar-refractivity contribution in [3.63, 3.8) is 0 Å². The van der Waals surface area contributed by atoms with E-state index in [0.717, 1.165) is 65.8 Å². The quantitative estimate of drug-likeness (QED) is 0.486. The fourth-order valence-corrected chi connectivity index (χ4v) is 4.31. The average Bonchev–Trinajstić information content (AvgIpc) is 3.50. The van der Waals surface area contributed by atoms with Gasteiger partial charge in [-0.25, -0.2) is 4.98 Å². The zero-order valence-electron chi connectivity index (χ0n) is 18.3. The first-order chi connectivity index (χ1) is 16.2. The van der Waals surface area contributed by atoms with Gasteiger partial charge >= 0.3 is 0 Å². The molecule has 0 N–H and O–H groups in total. The lowest BCUT2D eigenvalue weighted by Gasteiger charge is -2.32. The predicted molar refractivity (Wildman–Crippen MR) is 123 cm³/mol. The van der Waals surface area contributed by atoms with Crippen LogP contribution in [0.15, 0.2) is 61.1 Å². The Bertz CT molecular complexity index is 1360. The minimum absolute atomic E-state index is 0.0708. The molecule has 2 aromatic carbocycles. The van der Waals surface area contributed by atoms with E-state index in [4.69, 9.17) is 9.47 Å². The number of hydrogen-bond acceptors (Lipinski definition) is 6. The molecule has 4 heterocycles. The highest BCUT2D eigenvalue weighted by Crippen LogP contribution is 2.35. The second kappa shape index (κ2) is 7.90. The van der Waals surface area contributed by atoms with Crippen LogP contribution in [0, 0.1) is 0 Å². The van der Waals surface area contributed by atoms with Crippen molar-refractivity contribution in [1.29, 1.82) is 0 Å². The van der Waals surface area contributed by atoms with Crippen molar-refractivity contribution in [3.05, 3.63) is 66.6 Å². The maximum atomic E-state index is 13.1. The van der Waals surface area contributed by atoms with Crippen LogP contribution < -0.4 is 9.47 Å². The number of rotatable bonds is 3. The molecule has 0 radical (unpaired) electrons. The summed E-state index contributed by atoms with van der Waals surface area (Å²) in [7, 11) is 2.08. The van der Waals surface area contributed by atoms with E-state index in [0.29, 0.717) is 5.56 Å². The monoisotopic (exact) mass is 441 g/mol. The number of ether oxygens (including phenoxy) is 2. The van der Waals surface area contributed by atoms with E-state index in [2.05, 4.69) is 21.9 Å². The summed E-state index contributed by atoms with van der Waals surface area (Å²) < 4.78 is 12.9. The molecule has 1 saturated heterocycles. The largest absolute Gasteiger partial charge is 0.454 e. The third-order valence-corrected chi connectivity index (χ3v) is 6.26. The first kappa shape index (κ1) is 19.8. The molecule has 0 unspecified atom stereocenters. The van der Waals surface area contributed by atoms with Crippen LogP contribution in [0.4, 0.5) is 0 Å². The van der Waals surface area contributed by atoms with Gasteiger partial charge in [-0.15, -0.1) is 0 Å². The Labute approximate surface area is 191 Å². The van der Waals surface area contributed by atoms with Crippen molar-refractivity contribution in [2.24, 2.45) is 0 Å². The molecule has 33 heavy (non-hydrogen) atoms. The smallest absolute Gasteiger partial charge is 0.253 e. The molecule has 0 atom stereocenters. The van der Waals surface area contributed by atoms with Crippen LogP contribution in [0.1, 0.15) is 10.4 Å². The minimum Gasteiger partial charge on any atom is -0.454 e. The van der Waals surface area contributed by atoms with Gasteiger partial charge in [-0.1, -0.05) is 12.1 Å². The minimum atomic E-state index is 0.0708. The zero-order valence-corrected chi connectivity index (χ0v) is 18.3. The molecule has 2 aliphatic rings. The summed E-state index contributed by atoms with van der Waals surface area (Å²) in [5.74, 6) is 1.53. The number of carbonyl (C=O) groups excluding carboxylic acids is 1. The Hall–Kier alpha value is -3.91. The van der Waals surface area contributed by atoms with E-state index in [1.807, 2.05) is 64.2 Å². The normalized spacial score (nSPS) is 15.8. The SMILES string of the molecule is CN1CCN(C(=O)c2cccc(-c3cnc4cnc(-c5ccc6c(c5)OCO6)cn34)c2)CC1. The van der Waals surface area contributed by atoms with Crippen LogP contribution in [0.5, 0.6) is 11.5 Å². The Kier molecular flexibility index (Phi) is 4.73. The maximum absolute atomic E-state index is 13.1. The van der Waals surface area contributed by atoms with Gasteiger partial charge in [0.05, 0.1) is 23.8 Å². The summed E-state index contributed by atoms with van der Waals surface area (Å²) in [6.07, 6.45) is 5.53. The first-order valence-electron chi connectivity index (χ1n) is 11.0. The molecule has 0 aliphatic carbocycles. The fraction of sp³-hybridized carbons (Fsp3) is 0.240. The van der Waals surface area contributed by atoms with Crippen LogP contribution in [0.25, 0.3) is 28.2 Å². The molecule has 1 amide bonds. The molecule has 8 heteroatoms. The summed E-state index contributed by atoms with van der Waals surface area (Å²) in [5.41, 5.74) is 5.00. The molecular formula is C25H23N5O3. The number of fused-ring (bicyclic) bond motifs is 2. The number of nitrogens with zero attached hydrogens (tertiary/aromatic N) is 5. The number of amides is 1. The standard InChI is InChI=1S/C25H23N5O3/c1-28-7-9-29(10-8-28)25(31)19-4-2-3-18(11-19)21-13-27-24-14-26-20(15-30(21)24)17-5-6-22-23(12-17)33-16-32-22/h2-6,11-15H,7-10,16H2,1H3. The molecular weight excluding hydrogens is 418 g/mol. The van der Waals surface area contributed by atoms with Crippen molar-refractivity contribution >= 4 is 11.6 Å². The maximum Gasteiger partial charge on any atom is 0.253 e. The van der Waals surface area contributed by atoms with Gasteiger partial charge in [0.2, 0.25) is 6.79 Å². The van der Waals surface area contributed by atoms with Crippen LogP contribution in [0.2, 0.25) is 0 Å². The van der Waals surface area contributed by atoms with E-state index in [1.165, 1.54) is 0 Å². The van der Waals surface area contributed by atoms with Crippen molar-refractivity contribution < 1.29 is 14.3 Å². The number of carbonyl (C=O) groups is 1. The first-order valence-corrected chi connectivity index (χ1v) is 11.0. The Morgan fingerprint density at radius 2 is 1.76 bits per heavy atom. The summed E-state index contributed by atoms with van der Waals surface area (Å²) in [5, 5.41) is 0. The molecule has 2 aliphatic heterocycles. The Balaban J connectivity index is 1.34. The fourth-order valence-electron chi connectivity index (χ4n) is 4.31. The van der Waals surface area contributed by atoms with E-state index < -0.39 is 0 Å². The second-order valence-corrected chi connectivity index (χ2v) is 8.39. The second-order valence-electron chi connectivity index (χ2n) is 8.39. The summed E-state index contributed by atoms with van der Waals surface area (Å²) in [6, 6.07) is 13.6. The highest BCUT2D eigenvalue weighted by atomic mass is 16.7. The highest BCUT2D eigenvalue weighted by Gasteiger charge is 2.21. The average molecular weight is 441 g/mol. The molecule has 0 bridgehead atoms. The van der Waals surface area contributed by atoms with Crippen molar-refractivity contribution in [1.82, 2.24) is 24.2 Å². The van der Waals surface area contributed by atoms with Crippen LogP contribution in [-0.2, 0) is 0 Å². The number of imidazole rings is 1. The highest BCUT2D eigenvalue weighted by molar-refractivity contribution is 5.95. The van der Waals surface area contributed by atoms with Gasteiger partial charge < -0.3 is 19.3 Å². The Morgan fingerprint density at radius 3 is 2.64 bits per heavy atom. The molecule has 0 saturated carbocycles. The van der Waals surface area contributed by atoms with Gasteiger partial charge in [0.25, 0.3) is 5.91 Å². The lowest BCUT2D eigenvalue weighted by molar-refractivity contribution is 0.0664. The van der Waals surface area contributed by atoms with Crippen molar-refractivity contribution in [2.45, 2.75) is 0 Å². The molecule has 1 fully saturated rings. The lowest BCUT2D eigenvalue weighted by atomic mass is 10.1. The van der Waals surface area contributed by atoms with Gasteiger partial charge in [0.1, 0.15) is 0 Å². The van der Waals surface area contributed by atoms with Gasteiger partial charge in [-0.2, -0.15) is 0 Å². The van der Waals surface area contributed by atoms with Gasteiger partial charge in [-0.3, -0.25) is 14.2 Å². The molecule has 0 spiro atoms. The van der Waals surface area contributed by atoms with E-state index in [9.17, 15) is 4.79 Å². The van der Waals surface area contributed by atoms with E-state index in [1.54, 1.807) is 6.20 Å². The van der Waals surface area contributed by atoms with Crippen LogP contribution in [-0.4, -0.2) is 70.1 Å². The van der Waals surface area contributed by atoms with Crippen molar-refractivity contribution in [3.8, 4) is 34.0 Å². The molecule has 8 nitrogen and oxygen atoms in total. The van der Waals surface area contributed by atoms with E-state index in [-0.39, 0.29) is 12.7 Å². The van der Waals surface area contributed by atoms with Gasteiger partial charge in [0.15, 0.2) is 17.1 Å². The summed E-state index contributed by atoms with van der Waals surface area (Å²) in [4.78, 5) is 26.3. The number of piperazine rings is 1. The molecule has 2 aromatic heterocycles. The molecule has 4 aromatic rings. The zero-order chi connectivity index (χ0) is 22.4. The molecule has 6 rings (SSSR count).